The highest BCUT2D eigenvalue weighted by atomic mass is 79.9. The number of anilines is 1. The average molecular weight is 555 g/mol. The van der Waals surface area contributed by atoms with Crippen molar-refractivity contribution in [3.8, 4) is 0 Å². The van der Waals surface area contributed by atoms with Crippen LogP contribution in [-0.2, 0) is 26.2 Å². The fourth-order valence-electron chi connectivity index (χ4n) is 3.19. The maximum atomic E-state index is 13.4. The number of amides is 2. The highest BCUT2D eigenvalue weighted by Gasteiger charge is 2.30. The molecule has 10 nitrogen and oxygen atoms in total. The number of nitro groups is 1. The molecule has 0 heterocycles. The number of nitrogens with zero attached hydrogens (tertiary/aromatic N) is 3. The first-order chi connectivity index (χ1) is 15.9. The van der Waals surface area contributed by atoms with Crippen molar-refractivity contribution in [3.63, 3.8) is 0 Å². The fraction of sp³-hybridized carbons (Fsp3) is 0.364. The summed E-state index contributed by atoms with van der Waals surface area (Å²) in [5, 5.41) is 13.9. The average Bonchev–Trinajstić information content (AvgIpc) is 2.78. The molecule has 1 N–H and O–H groups in total. The Labute approximate surface area is 207 Å². The number of rotatable bonds is 11. The normalized spacial score (nSPS) is 12.0. The Morgan fingerprint density at radius 2 is 1.85 bits per heavy atom. The van der Waals surface area contributed by atoms with Gasteiger partial charge in [-0.1, -0.05) is 41.1 Å². The van der Waals surface area contributed by atoms with Gasteiger partial charge in [0.2, 0.25) is 21.8 Å². The Morgan fingerprint density at radius 3 is 2.44 bits per heavy atom. The Balaban J connectivity index is 2.41. The number of nitrogens with one attached hydrogen (secondary N) is 1. The van der Waals surface area contributed by atoms with Gasteiger partial charge in [-0.15, -0.1) is 0 Å². The first-order valence-corrected chi connectivity index (χ1v) is 13.1. The van der Waals surface area contributed by atoms with Gasteiger partial charge in [0.15, 0.2) is 0 Å². The molecule has 0 saturated heterocycles. The van der Waals surface area contributed by atoms with E-state index in [1.807, 2.05) is 13.0 Å². The monoisotopic (exact) mass is 554 g/mol. The molecule has 0 aliphatic heterocycles. The Kier molecular flexibility index (Phi) is 9.56. The molecule has 12 heteroatoms. The van der Waals surface area contributed by atoms with Gasteiger partial charge in [0.25, 0.3) is 5.69 Å². The molecule has 2 amide bonds. The zero-order valence-corrected chi connectivity index (χ0v) is 21.5. The van der Waals surface area contributed by atoms with E-state index in [1.165, 1.54) is 23.1 Å². The van der Waals surface area contributed by atoms with Crippen molar-refractivity contribution in [2.24, 2.45) is 0 Å². The lowest BCUT2D eigenvalue weighted by Gasteiger charge is -2.31. The van der Waals surface area contributed by atoms with Crippen molar-refractivity contribution in [1.82, 2.24) is 10.2 Å². The van der Waals surface area contributed by atoms with Gasteiger partial charge in [0, 0.05) is 29.7 Å². The molecule has 2 rings (SSSR count). The topological polar surface area (TPSA) is 130 Å². The fourth-order valence-corrected chi connectivity index (χ4v) is 4.47. The minimum Gasteiger partial charge on any atom is -0.354 e. The summed E-state index contributed by atoms with van der Waals surface area (Å²) in [6.07, 6.45) is 1.63. The van der Waals surface area contributed by atoms with Crippen molar-refractivity contribution < 1.29 is 22.9 Å². The summed E-state index contributed by atoms with van der Waals surface area (Å²) < 4.78 is 26.6. The van der Waals surface area contributed by atoms with Crippen LogP contribution in [0.2, 0.25) is 0 Å². The van der Waals surface area contributed by atoms with Crippen molar-refractivity contribution in [1.29, 1.82) is 0 Å². The molecule has 0 spiro atoms. The smallest absolute Gasteiger partial charge is 0.271 e. The SMILES string of the molecule is CCCNC(=O)C(C)N(Cc1cccc(Br)c1)C(=O)CN(c1cccc([N+](=O)[O-])c1)S(C)(=O)=O. The molecule has 0 aliphatic rings. The van der Waals surface area contributed by atoms with Crippen LogP contribution in [0.5, 0.6) is 0 Å². The van der Waals surface area contributed by atoms with Crippen LogP contribution < -0.4 is 9.62 Å². The third kappa shape index (κ3) is 7.52. The zero-order chi connectivity index (χ0) is 25.5. The second-order valence-electron chi connectivity index (χ2n) is 7.67. The molecule has 0 aromatic heterocycles. The van der Waals surface area contributed by atoms with Crippen LogP contribution in [0.1, 0.15) is 25.8 Å². The number of nitro benzene ring substituents is 1. The number of sulfonamides is 1. The van der Waals surface area contributed by atoms with Gasteiger partial charge in [-0.3, -0.25) is 24.0 Å². The van der Waals surface area contributed by atoms with Gasteiger partial charge >= 0.3 is 0 Å². The first-order valence-electron chi connectivity index (χ1n) is 10.5. The van der Waals surface area contributed by atoms with Crippen molar-refractivity contribution in [3.05, 3.63) is 68.7 Å². The van der Waals surface area contributed by atoms with Crippen molar-refractivity contribution in [2.45, 2.75) is 32.9 Å². The van der Waals surface area contributed by atoms with E-state index in [0.717, 1.165) is 26.7 Å². The number of carbonyl (C=O) groups excluding carboxylic acids is 2. The summed E-state index contributed by atoms with van der Waals surface area (Å²) in [7, 11) is -3.97. The molecule has 34 heavy (non-hydrogen) atoms. The van der Waals surface area contributed by atoms with Crippen LogP contribution in [0.15, 0.2) is 53.0 Å². The second kappa shape index (κ2) is 11.9. The molecule has 2 aromatic rings. The Morgan fingerprint density at radius 1 is 1.18 bits per heavy atom. The van der Waals surface area contributed by atoms with Gasteiger partial charge in [-0.05, 0) is 37.1 Å². The summed E-state index contributed by atoms with van der Waals surface area (Å²) in [5.74, 6) is -0.998. The second-order valence-corrected chi connectivity index (χ2v) is 10.5. The van der Waals surface area contributed by atoms with Crippen LogP contribution >= 0.6 is 15.9 Å². The minimum atomic E-state index is -3.97. The van der Waals surface area contributed by atoms with E-state index in [4.69, 9.17) is 0 Å². The minimum absolute atomic E-state index is 0.0180. The van der Waals surface area contributed by atoms with Gasteiger partial charge in [-0.25, -0.2) is 8.42 Å². The number of halogens is 1. The van der Waals surface area contributed by atoms with E-state index in [1.54, 1.807) is 25.1 Å². The van der Waals surface area contributed by atoms with E-state index in [2.05, 4.69) is 21.2 Å². The lowest BCUT2D eigenvalue weighted by Crippen LogP contribution is -2.51. The lowest BCUT2D eigenvalue weighted by molar-refractivity contribution is -0.384. The van der Waals surface area contributed by atoms with E-state index < -0.39 is 33.4 Å². The largest absolute Gasteiger partial charge is 0.354 e. The highest BCUT2D eigenvalue weighted by molar-refractivity contribution is 9.10. The van der Waals surface area contributed by atoms with Gasteiger partial charge in [-0.2, -0.15) is 0 Å². The van der Waals surface area contributed by atoms with E-state index in [-0.39, 0.29) is 23.8 Å². The van der Waals surface area contributed by atoms with Crippen molar-refractivity contribution >= 4 is 49.1 Å². The van der Waals surface area contributed by atoms with Crippen LogP contribution in [0.3, 0.4) is 0 Å². The number of benzene rings is 2. The molecule has 0 bridgehead atoms. The molecule has 2 aromatic carbocycles. The molecule has 1 atom stereocenters. The van der Waals surface area contributed by atoms with Crippen molar-refractivity contribution in [2.75, 3.05) is 23.7 Å². The van der Waals surface area contributed by atoms with Crippen LogP contribution in [-0.4, -0.2) is 55.4 Å². The Hall–Kier alpha value is -2.99. The summed E-state index contributed by atoms with van der Waals surface area (Å²) >= 11 is 3.38. The molecular formula is C22H27BrN4O6S. The summed E-state index contributed by atoms with van der Waals surface area (Å²) in [6, 6.07) is 11.3. The predicted molar refractivity (Wildman–Crippen MR) is 133 cm³/mol. The summed E-state index contributed by atoms with van der Waals surface area (Å²) in [4.78, 5) is 37.8. The highest BCUT2D eigenvalue weighted by Crippen LogP contribution is 2.24. The van der Waals surface area contributed by atoms with E-state index >= 15 is 0 Å². The zero-order valence-electron chi connectivity index (χ0n) is 19.1. The van der Waals surface area contributed by atoms with Crippen LogP contribution in [0, 0.1) is 10.1 Å². The van der Waals surface area contributed by atoms with Gasteiger partial charge in [0.05, 0.1) is 16.9 Å². The molecule has 1 unspecified atom stereocenters. The number of hydrogen-bond donors (Lipinski definition) is 1. The summed E-state index contributed by atoms with van der Waals surface area (Å²) in [5.41, 5.74) is 0.409. The van der Waals surface area contributed by atoms with Crippen LogP contribution in [0.25, 0.3) is 0 Å². The summed E-state index contributed by atoms with van der Waals surface area (Å²) in [6.45, 7) is 3.34. The molecule has 184 valence electrons. The number of carbonyl (C=O) groups is 2. The van der Waals surface area contributed by atoms with E-state index in [9.17, 15) is 28.1 Å². The third-order valence-corrected chi connectivity index (χ3v) is 6.60. The van der Waals surface area contributed by atoms with Gasteiger partial charge in [0.1, 0.15) is 12.6 Å². The number of non-ortho nitro benzene ring substituents is 1. The Bertz CT molecular complexity index is 1160. The quantitative estimate of drug-likeness (QED) is 0.335. The molecule has 0 radical (unpaired) electrons. The molecule has 0 aliphatic carbocycles. The lowest BCUT2D eigenvalue weighted by atomic mass is 10.1. The maximum absolute atomic E-state index is 13.4. The number of hydrogen-bond acceptors (Lipinski definition) is 6. The predicted octanol–water partition coefficient (Wildman–Crippen LogP) is 3.07. The van der Waals surface area contributed by atoms with Crippen LogP contribution in [0.4, 0.5) is 11.4 Å². The first kappa shape index (κ1) is 27.3. The maximum Gasteiger partial charge on any atom is 0.271 e. The van der Waals surface area contributed by atoms with E-state index in [0.29, 0.717) is 13.0 Å². The molecule has 0 saturated carbocycles. The molecule has 0 fully saturated rings. The molecular weight excluding hydrogens is 528 g/mol. The standard InChI is InChI=1S/C22H27BrN4O6S/c1-4-11-24-22(29)16(2)25(14-17-7-5-8-18(23)12-17)21(28)15-26(34(3,32)33)19-9-6-10-20(13-19)27(30)31/h5-10,12-13,16H,4,11,14-15H2,1-3H3,(H,24,29). The van der Waals surface area contributed by atoms with Gasteiger partial charge < -0.3 is 10.2 Å². The third-order valence-electron chi connectivity index (χ3n) is 4.97.